The Morgan fingerprint density at radius 1 is 1.00 bits per heavy atom. The summed E-state index contributed by atoms with van der Waals surface area (Å²) in [6.07, 6.45) is 3.41. The third kappa shape index (κ3) is 2.71. The highest BCUT2D eigenvalue weighted by molar-refractivity contribution is 9.10. The molecular formula is C16H18BrN7. The number of piperazine rings is 1. The average molecular weight is 388 g/mol. The molecule has 0 N–H and O–H groups in total. The van der Waals surface area contributed by atoms with E-state index in [-0.39, 0.29) is 0 Å². The third-order valence-electron chi connectivity index (χ3n) is 4.28. The molecule has 0 unspecified atom stereocenters. The number of halogens is 1. The molecule has 1 aliphatic heterocycles. The van der Waals surface area contributed by atoms with Crippen LogP contribution in [-0.2, 0) is 0 Å². The first-order chi connectivity index (χ1) is 11.6. The number of hydrogen-bond donors (Lipinski definition) is 0. The molecule has 0 atom stereocenters. The van der Waals surface area contributed by atoms with E-state index in [9.17, 15) is 0 Å². The summed E-state index contributed by atoms with van der Waals surface area (Å²) >= 11 is 3.48. The minimum Gasteiger partial charge on any atom is -0.353 e. The van der Waals surface area contributed by atoms with Crippen molar-refractivity contribution in [1.29, 1.82) is 0 Å². The van der Waals surface area contributed by atoms with Crippen molar-refractivity contribution in [2.45, 2.75) is 13.8 Å². The minimum atomic E-state index is 0.651. The van der Waals surface area contributed by atoms with Gasteiger partial charge in [-0.2, -0.15) is 14.6 Å². The van der Waals surface area contributed by atoms with E-state index < -0.39 is 0 Å². The van der Waals surface area contributed by atoms with E-state index in [4.69, 9.17) is 0 Å². The SMILES string of the molecule is Cc1cc(N2CCN(c3ncc(Br)cc3C)CC2)n2ncnc2n1. The molecule has 0 aliphatic carbocycles. The van der Waals surface area contributed by atoms with Gasteiger partial charge in [0.05, 0.1) is 0 Å². The molecule has 0 spiro atoms. The maximum Gasteiger partial charge on any atom is 0.254 e. The van der Waals surface area contributed by atoms with Crippen molar-refractivity contribution in [3.8, 4) is 0 Å². The van der Waals surface area contributed by atoms with Crippen LogP contribution in [0.2, 0.25) is 0 Å². The largest absolute Gasteiger partial charge is 0.353 e. The van der Waals surface area contributed by atoms with E-state index in [1.165, 1.54) is 5.56 Å². The molecule has 8 heteroatoms. The number of aromatic nitrogens is 5. The van der Waals surface area contributed by atoms with Crippen molar-refractivity contribution in [1.82, 2.24) is 24.6 Å². The van der Waals surface area contributed by atoms with E-state index in [1.807, 2.05) is 17.6 Å². The van der Waals surface area contributed by atoms with Gasteiger partial charge >= 0.3 is 0 Å². The Bertz CT molecular complexity index is 883. The maximum atomic E-state index is 4.58. The van der Waals surface area contributed by atoms with Gasteiger partial charge in [0.15, 0.2) is 0 Å². The Morgan fingerprint density at radius 3 is 2.50 bits per heavy atom. The Balaban J connectivity index is 1.56. The van der Waals surface area contributed by atoms with Gasteiger partial charge in [0.25, 0.3) is 5.78 Å². The second-order valence-corrected chi connectivity index (χ2v) is 6.91. The van der Waals surface area contributed by atoms with Gasteiger partial charge in [0, 0.05) is 48.6 Å². The number of anilines is 2. The van der Waals surface area contributed by atoms with Gasteiger partial charge in [-0.15, -0.1) is 0 Å². The van der Waals surface area contributed by atoms with E-state index >= 15 is 0 Å². The van der Waals surface area contributed by atoms with Gasteiger partial charge in [-0.05, 0) is 41.4 Å². The highest BCUT2D eigenvalue weighted by Crippen LogP contribution is 2.24. The van der Waals surface area contributed by atoms with E-state index in [1.54, 1.807) is 6.33 Å². The van der Waals surface area contributed by atoms with Crippen LogP contribution in [0.25, 0.3) is 5.78 Å². The number of pyridine rings is 1. The van der Waals surface area contributed by atoms with Crippen LogP contribution in [-0.4, -0.2) is 50.7 Å². The van der Waals surface area contributed by atoms with Crippen LogP contribution in [0.1, 0.15) is 11.3 Å². The predicted molar refractivity (Wildman–Crippen MR) is 96.6 cm³/mol. The molecule has 124 valence electrons. The van der Waals surface area contributed by atoms with Crippen LogP contribution >= 0.6 is 15.9 Å². The van der Waals surface area contributed by atoms with Gasteiger partial charge < -0.3 is 9.80 Å². The Hall–Kier alpha value is -2.22. The highest BCUT2D eigenvalue weighted by Gasteiger charge is 2.22. The molecule has 0 aromatic carbocycles. The quantitative estimate of drug-likeness (QED) is 0.671. The topological polar surface area (TPSA) is 62.5 Å². The Labute approximate surface area is 148 Å². The lowest BCUT2D eigenvalue weighted by Gasteiger charge is -2.37. The summed E-state index contributed by atoms with van der Waals surface area (Å²) in [5.41, 5.74) is 2.15. The first-order valence-corrected chi connectivity index (χ1v) is 8.70. The van der Waals surface area contributed by atoms with Gasteiger partial charge in [-0.3, -0.25) is 0 Å². The average Bonchev–Trinajstić information content (AvgIpc) is 3.02. The molecule has 0 bridgehead atoms. The lowest BCUT2D eigenvalue weighted by Crippen LogP contribution is -2.47. The van der Waals surface area contributed by atoms with E-state index in [0.29, 0.717) is 5.78 Å². The number of aryl methyl sites for hydroxylation is 2. The summed E-state index contributed by atoms with van der Waals surface area (Å²) in [5.74, 6) is 2.77. The molecule has 1 saturated heterocycles. The van der Waals surface area contributed by atoms with Crippen molar-refractivity contribution < 1.29 is 0 Å². The molecule has 0 saturated carbocycles. The fraction of sp³-hybridized carbons (Fsp3) is 0.375. The second-order valence-electron chi connectivity index (χ2n) is 6.00. The molecule has 7 nitrogen and oxygen atoms in total. The molecule has 0 amide bonds. The fourth-order valence-corrected chi connectivity index (χ4v) is 3.59. The smallest absolute Gasteiger partial charge is 0.254 e. The van der Waals surface area contributed by atoms with Gasteiger partial charge in [-0.1, -0.05) is 0 Å². The van der Waals surface area contributed by atoms with Crippen molar-refractivity contribution >= 4 is 33.3 Å². The summed E-state index contributed by atoms with van der Waals surface area (Å²) in [4.78, 5) is 17.9. The van der Waals surface area contributed by atoms with Crippen LogP contribution < -0.4 is 9.80 Å². The molecule has 0 radical (unpaired) electrons. The van der Waals surface area contributed by atoms with Crippen LogP contribution in [0, 0.1) is 13.8 Å². The number of hydrogen-bond acceptors (Lipinski definition) is 6. The second kappa shape index (κ2) is 6.01. The fourth-order valence-electron chi connectivity index (χ4n) is 3.15. The van der Waals surface area contributed by atoms with E-state index in [2.05, 4.69) is 64.8 Å². The Kier molecular flexibility index (Phi) is 3.84. The molecule has 4 heterocycles. The first-order valence-electron chi connectivity index (χ1n) is 7.91. The maximum absolute atomic E-state index is 4.58. The molecule has 1 fully saturated rings. The van der Waals surface area contributed by atoms with Crippen molar-refractivity contribution in [3.63, 3.8) is 0 Å². The predicted octanol–water partition coefficient (Wildman–Crippen LogP) is 2.23. The number of fused-ring (bicyclic) bond motifs is 1. The van der Waals surface area contributed by atoms with Crippen molar-refractivity contribution in [2.24, 2.45) is 0 Å². The van der Waals surface area contributed by atoms with E-state index in [0.717, 1.165) is 48.0 Å². The molecule has 1 aliphatic rings. The monoisotopic (exact) mass is 387 g/mol. The zero-order chi connectivity index (χ0) is 16.7. The summed E-state index contributed by atoms with van der Waals surface area (Å²) in [6.45, 7) is 7.76. The number of nitrogens with zero attached hydrogens (tertiary/aromatic N) is 7. The summed E-state index contributed by atoms with van der Waals surface area (Å²) in [5, 5.41) is 4.31. The summed E-state index contributed by atoms with van der Waals surface area (Å²) in [6, 6.07) is 4.18. The minimum absolute atomic E-state index is 0.651. The third-order valence-corrected chi connectivity index (χ3v) is 4.72. The van der Waals surface area contributed by atoms with Gasteiger partial charge in [-0.25, -0.2) is 9.97 Å². The number of rotatable bonds is 2. The van der Waals surface area contributed by atoms with Crippen molar-refractivity contribution in [2.75, 3.05) is 36.0 Å². The Morgan fingerprint density at radius 2 is 1.75 bits per heavy atom. The van der Waals surface area contributed by atoms with Crippen molar-refractivity contribution in [3.05, 3.63) is 40.4 Å². The van der Waals surface area contributed by atoms with Crippen LogP contribution in [0.3, 0.4) is 0 Å². The lowest BCUT2D eigenvalue weighted by atomic mass is 10.2. The molecule has 4 rings (SSSR count). The lowest BCUT2D eigenvalue weighted by molar-refractivity contribution is 0.632. The molecule has 3 aromatic rings. The standard InChI is InChI=1S/C16H18BrN7/c1-11-7-13(17)9-18-15(11)23-5-3-22(4-6-23)14-8-12(2)21-16-19-10-20-24(14)16/h7-10H,3-6H2,1-2H3. The van der Waals surface area contributed by atoms with Gasteiger partial charge in [0.2, 0.25) is 0 Å². The van der Waals surface area contributed by atoms with Gasteiger partial charge in [0.1, 0.15) is 18.0 Å². The zero-order valence-corrected chi connectivity index (χ0v) is 15.2. The molecule has 24 heavy (non-hydrogen) atoms. The normalized spacial score (nSPS) is 15.3. The first kappa shape index (κ1) is 15.3. The van der Waals surface area contributed by atoms with Crippen LogP contribution in [0.4, 0.5) is 11.6 Å². The molecular weight excluding hydrogens is 370 g/mol. The van der Waals surface area contributed by atoms with Crippen LogP contribution in [0.15, 0.2) is 29.1 Å². The molecule has 3 aromatic heterocycles. The van der Waals surface area contributed by atoms with Crippen LogP contribution in [0.5, 0.6) is 0 Å². The highest BCUT2D eigenvalue weighted by atomic mass is 79.9. The summed E-state index contributed by atoms with van der Waals surface area (Å²) < 4.78 is 2.83. The zero-order valence-electron chi connectivity index (χ0n) is 13.6. The summed E-state index contributed by atoms with van der Waals surface area (Å²) in [7, 11) is 0.